The van der Waals surface area contributed by atoms with Gasteiger partial charge in [-0.25, -0.2) is 0 Å². The lowest BCUT2D eigenvalue weighted by Gasteiger charge is -2.01. The summed E-state index contributed by atoms with van der Waals surface area (Å²) in [5.41, 5.74) is 1.40. The predicted molar refractivity (Wildman–Crippen MR) is 64.6 cm³/mol. The van der Waals surface area contributed by atoms with Gasteiger partial charge in [0.1, 0.15) is 0 Å². The third-order valence-corrected chi connectivity index (χ3v) is 2.45. The SMILES string of the molecule is CC(C)=CCNCCCCCCBr. The summed E-state index contributed by atoms with van der Waals surface area (Å²) in [5.74, 6) is 0. The van der Waals surface area contributed by atoms with E-state index in [1.807, 2.05) is 0 Å². The highest BCUT2D eigenvalue weighted by atomic mass is 79.9. The van der Waals surface area contributed by atoms with Crippen molar-refractivity contribution in [2.45, 2.75) is 39.5 Å². The molecular formula is C11H22BrN. The van der Waals surface area contributed by atoms with Crippen molar-refractivity contribution < 1.29 is 0 Å². The molecule has 2 heteroatoms. The van der Waals surface area contributed by atoms with Crippen LogP contribution in [0.2, 0.25) is 0 Å². The van der Waals surface area contributed by atoms with Crippen LogP contribution in [-0.4, -0.2) is 18.4 Å². The smallest absolute Gasteiger partial charge is 0.0137 e. The largest absolute Gasteiger partial charge is 0.313 e. The van der Waals surface area contributed by atoms with E-state index in [1.165, 1.54) is 31.3 Å². The summed E-state index contributed by atoms with van der Waals surface area (Å²) in [6.07, 6.45) is 7.57. The van der Waals surface area contributed by atoms with Crippen molar-refractivity contribution in [1.82, 2.24) is 5.32 Å². The molecule has 0 aromatic rings. The standard InChI is InChI=1S/C11H22BrN/c1-11(2)7-10-13-9-6-4-3-5-8-12/h7,13H,3-6,8-10H2,1-2H3. The molecule has 0 saturated carbocycles. The van der Waals surface area contributed by atoms with Crippen molar-refractivity contribution in [3.05, 3.63) is 11.6 Å². The maximum absolute atomic E-state index is 3.44. The Balaban J connectivity index is 2.96. The molecule has 0 aliphatic heterocycles. The summed E-state index contributed by atoms with van der Waals surface area (Å²) >= 11 is 3.44. The lowest BCUT2D eigenvalue weighted by atomic mass is 10.2. The number of hydrogen-bond donors (Lipinski definition) is 1. The fraction of sp³-hybridized carbons (Fsp3) is 0.818. The molecule has 0 heterocycles. The zero-order valence-corrected chi connectivity index (χ0v) is 10.5. The van der Waals surface area contributed by atoms with Crippen LogP contribution in [0.1, 0.15) is 39.5 Å². The first kappa shape index (κ1) is 13.2. The number of alkyl halides is 1. The Labute approximate surface area is 91.1 Å². The zero-order valence-electron chi connectivity index (χ0n) is 8.91. The summed E-state index contributed by atoms with van der Waals surface area (Å²) in [5, 5.41) is 4.56. The van der Waals surface area contributed by atoms with E-state index in [4.69, 9.17) is 0 Å². The molecule has 0 aromatic heterocycles. The monoisotopic (exact) mass is 247 g/mol. The van der Waals surface area contributed by atoms with Crippen LogP contribution in [0.25, 0.3) is 0 Å². The van der Waals surface area contributed by atoms with Crippen LogP contribution in [0.15, 0.2) is 11.6 Å². The highest BCUT2D eigenvalue weighted by molar-refractivity contribution is 9.09. The first-order valence-electron chi connectivity index (χ1n) is 5.17. The van der Waals surface area contributed by atoms with Gasteiger partial charge in [0, 0.05) is 11.9 Å². The number of halogens is 1. The maximum atomic E-state index is 3.44. The molecule has 0 atom stereocenters. The Morgan fingerprint density at radius 3 is 2.46 bits per heavy atom. The minimum Gasteiger partial charge on any atom is -0.313 e. The fourth-order valence-corrected chi connectivity index (χ4v) is 1.47. The molecule has 0 radical (unpaired) electrons. The molecule has 0 fully saturated rings. The van der Waals surface area contributed by atoms with E-state index in [0.29, 0.717) is 0 Å². The molecule has 13 heavy (non-hydrogen) atoms. The van der Waals surface area contributed by atoms with Gasteiger partial charge in [-0.2, -0.15) is 0 Å². The second-order valence-corrected chi connectivity index (χ2v) is 4.38. The summed E-state index contributed by atoms with van der Waals surface area (Å²) in [6, 6.07) is 0. The van der Waals surface area contributed by atoms with Crippen LogP contribution in [0.4, 0.5) is 0 Å². The summed E-state index contributed by atoms with van der Waals surface area (Å²) in [7, 11) is 0. The molecular weight excluding hydrogens is 226 g/mol. The second kappa shape index (κ2) is 10.3. The van der Waals surface area contributed by atoms with E-state index in [9.17, 15) is 0 Å². The van der Waals surface area contributed by atoms with Gasteiger partial charge >= 0.3 is 0 Å². The van der Waals surface area contributed by atoms with E-state index < -0.39 is 0 Å². The van der Waals surface area contributed by atoms with Gasteiger partial charge in [-0.15, -0.1) is 0 Å². The molecule has 0 amide bonds. The third-order valence-electron chi connectivity index (χ3n) is 1.89. The maximum Gasteiger partial charge on any atom is 0.0137 e. The molecule has 0 rings (SSSR count). The Morgan fingerprint density at radius 2 is 1.85 bits per heavy atom. The normalized spacial score (nSPS) is 10.1. The van der Waals surface area contributed by atoms with Gasteiger partial charge in [0.2, 0.25) is 0 Å². The van der Waals surface area contributed by atoms with Crippen molar-refractivity contribution in [3.63, 3.8) is 0 Å². The van der Waals surface area contributed by atoms with Gasteiger partial charge in [0.25, 0.3) is 0 Å². The molecule has 78 valence electrons. The molecule has 0 aliphatic rings. The number of allylic oxidation sites excluding steroid dienone is 1. The molecule has 0 aliphatic carbocycles. The Morgan fingerprint density at radius 1 is 1.15 bits per heavy atom. The topological polar surface area (TPSA) is 12.0 Å². The minimum absolute atomic E-state index is 1.03. The quantitative estimate of drug-likeness (QED) is 0.394. The van der Waals surface area contributed by atoms with Gasteiger partial charge in [-0.3, -0.25) is 0 Å². The Bertz CT molecular complexity index is 128. The van der Waals surface area contributed by atoms with Gasteiger partial charge in [-0.1, -0.05) is 40.4 Å². The van der Waals surface area contributed by atoms with E-state index in [0.717, 1.165) is 18.4 Å². The van der Waals surface area contributed by atoms with Gasteiger partial charge in [0.15, 0.2) is 0 Å². The number of unbranched alkanes of at least 4 members (excludes halogenated alkanes) is 3. The molecule has 1 nitrogen and oxygen atoms in total. The van der Waals surface area contributed by atoms with Crippen molar-refractivity contribution in [1.29, 1.82) is 0 Å². The first-order valence-corrected chi connectivity index (χ1v) is 6.29. The Hall–Kier alpha value is 0.180. The number of hydrogen-bond acceptors (Lipinski definition) is 1. The third kappa shape index (κ3) is 12.2. The predicted octanol–water partition coefficient (Wildman–Crippen LogP) is 3.50. The first-order chi connectivity index (χ1) is 6.27. The highest BCUT2D eigenvalue weighted by Crippen LogP contribution is 2.00. The van der Waals surface area contributed by atoms with Crippen LogP contribution in [-0.2, 0) is 0 Å². The molecule has 1 N–H and O–H groups in total. The van der Waals surface area contributed by atoms with E-state index in [2.05, 4.69) is 41.2 Å². The summed E-state index contributed by atoms with van der Waals surface area (Å²) in [4.78, 5) is 0. The zero-order chi connectivity index (χ0) is 9.94. The molecule has 0 bridgehead atoms. The fourth-order valence-electron chi connectivity index (χ4n) is 1.08. The van der Waals surface area contributed by atoms with E-state index in [-0.39, 0.29) is 0 Å². The molecule has 0 spiro atoms. The van der Waals surface area contributed by atoms with Gasteiger partial charge in [0.05, 0.1) is 0 Å². The average Bonchev–Trinajstić information content (AvgIpc) is 2.09. The van der Waals surface area contributed by atoms with Gasteiger partial charge < -0.3 is 5.32 Å². The molecule has 0 saturated heterocycles. The van der Waals surface area contributed by atoms with Crippen molar-refractivity contribution in [2.24, 2.45) is 0 Å². The minimum atomic E-state index is 1.03. The van der Waals surface area contributed by atoms with Crippen LogP contribution in [0.3, 0.4) is 0 Å². The lowest BCUT2D eigenvalue weighted by Crippen LogP contribution is -2.15. The van der Waals surface area contributed by atoms with E-state index in [1.54, 1.807) is 0 Å². The van der Waals surface area contributed by atoms with E-state index >= 15 is 0 Å². The Kier molecular flexibility index (Phi) is 10.4. The lowest BCUT2D eigenvalue weighted by molar-refractivity contribution is 0.622. The van der Waals surface area contributed by atoms with Crippen LogP contribution in [0, 0.1) is 0 Å². The van der Waals surface area contributed by atoms with Crippen LogP contribution < -0.4 is 5.32 Å². The molecule has 0 unspecified atom stereocenters. The second-order valence-electron chi connectivity index (χ2n) is 3.59. The number of rotatable bonds is 8. The van der Waals surface area contributed by atoms with Crippen LogP contribution >= 0.6 is 15.9 Å². The van der Waals surface area contributed by atoms with Crippen molar-refractivity contribution in [3.8, 4) is 0 Å². The summed E-state index contributed by atoms with van der Waals surface area (Å²) < 4.78 is 0. The summed E-state index contributed by atoms with van der Waals surface area (Å²) in [6.45, 7) is 6.46. The molecule has 0 aromatic carbocycles. The van der Waals surface area contributed by atoms with Crippen LogP contribution in [0.5, 0.6) is 0 Å². The highest BCUT2D eigenvalue weighted by Gasteiger charge is 1.88. The average molecular weight is 248 g/mol. The van der Waals surface area contributed by atoms with Crippen molar-refractivity contribution in [2.75, 3.05) is 18.4 Å². The van der Waals surface area contributed by atoms with Gasteiger partial charge in [-0.05, 0) is 33.2 Å². The number of nitrogens with one attached hydrogen (secondary N) is 1. The van der Waals surface area contributed by atoms with Crippen molar-refractivity contribution >= 4 is 15.9 Å².